The van der Waals surface area contributed by atoms with Gasteiger partial charge in [-0.15, -0.1) is 0 Å². The molecule has 1 unspecified atom stereocenters. The van der Waals surface area contributed by atoms with Crippen molar-refractivity contribution in [3.63, 3.8) is 0 Å². The molecule has 2 aromatic carbocycles. The van der Waals surface area contributed by atoms with E-state index in [2.05, 4.69) is 42.6 Å². The van der Waals surface area contributed by atoms with E-state index in [4.69, 9.17) is 4.78 Å². The van der Waals surface area contributed by atoms with Gasteiger partial charge in [0.1, 0.15) is 5.82 Å². The zero-order valence-corrected chi connectivity index (χ0v) is 18.9. The third kappa shape index (κ3) is 5.46. The minimum absolute atomic E-state index is 0.0684. The average molecular weight is 462 g/mol. The second-order valence-electron chi connectivity index (χ2n) is 7.60. The van der Waals surface area contributed by atoms with E-state index in [1.807, 2.05) is 25.1 Å². The van der Waals surface area contributed by atoms with E-state index in [-0.39, 0.29) is 12.6 Å². The topological polar surface area (TPSA) is 140 Å². The van der Waals surface area contributed by atoms with Crippen LogP contribution in [0.1, 0.15) is 18.1 Å². The third-order valence-electron chi connectivity index (χ3n) is 4.79. The summed E-state index contributed by atoms with van der Waals surface area (Å²) < 4.78 is 19.5. The van der Waals surface area contributed by atoms with Crippen LogP contribution in [0.15, 0.2) is 59.8 Å². The van der Waals surface area contributed by atoms with Crippen LogP contribution in [-0.4, -0.2) is 48.4 Å². The Morgan fingerprint density at radius 1 is 1.18 bits per heavy atom. The molecule has 10 heteroatoms. The predicted molar refractivity (Wildman–Crippen MR) is 129 cm³/mol. The first kappa shape index (κ1) is 22.3. The fraction of sp³-hybridized carbons (Fsp3) is 0.174. The molecule has 0 aliphatic rings. The highest BCUT2D eigenvalue weighted by Crippen LogP contribution is 2.20. The van der Waals surface area contributed by atoms with Crippen molar-refractivity contribution in [1.29, 1.82) is 4.78 Å². The molecule has 2 heterocycles. The number of aliphatic hydroxyl groups excluding tert-OH is 1. The minimum atomic E-state index is -2.77. The molecule has 2 atom stereocenters. The van der Waals surface area contributed by atoms with E-state index in [1.54, 1.807) is 36.7 Å². The van der Waals surface area contributed by atoms with E-state index in [0.29, 0.717) is 27.9 Å². The number of H-pyrrole nitrogens is 1. The van der Waals surface area contributed by atoms with Crippen LogP contribution in [-0.2, 0) is 9.73 Å². The molecule has 0 fully saturated rings. The Labute approximate surface area is 191 Å². The lowest BCUT2D eigenvalue weighted by molar-refractivity contribution is 0.281. The van der Waals surface area contributed by atoms with Crippen molar-refractivity contribution in [1.82, 2.24) is 20.2 Å². The molecule has 0 aliphatic carbocycles. The summed E-state index contributed by atoms with van der Waals surface area (Å²) in [4.78, 5) is 9.33. The maximum absolute atomic E-state index is 11.9. The number of aromatic amines is 1. The number of nitrogens with one attached hydrogen (secondary N) is 4. The molecule has 5 N–H and O–H groups in total. The maximum Gasteiger partial charge on any atom is 0.229 e. The van der Waals surface area contributed by atoms with Crippen LogP contribution < -0.4 is 10.6 Å². The molecule has 2 aromatic heterocycles. The number of aliphatic hydroxyl groups is 1. The number of benzene rings is 2. The molecule has 0 amide bonds. The monoisotopic (exact) mass is 461 g/mol. The summed E-state index contributed by atoms with van der Waals surface area (Å²) in [7, 11) is -2.77. The van der Waals surface area contributed by atoms with E-state index in [9.17, 15) is 9.32 Å². The van der Waals surface area contributed by atoms with Gasteiger partial charge < -0.3 is 15.7 Å². The van der Waals surface area contributed by atoms with Crippen molar-refractivity contribution in [2.45, 2.75) is 17.9 Å². The van der Waals surface area contributed by atoms with Gasteiger partial charge in [-0.2, -0.15) is 10.1 Å². The van der Waals surface area contributed by atoms with E-state index in [1.165, 1.54) is 6.26 Å². The highest BCUT2D eigenvalue weighted by Gasteiger charge is 2.10. The van der Waals surface area contributed by atoms with Crippen LogP contribution in [0.25, 0.3) is 10.9 Å². The number of aromatic nitrogens is 4. The molecular weight excluding hydrogens is 438 g/mol. The van der Waals surface area contributed by atoms with Crippen molar-refractivity contribution in [3.8, 4) is 11.8 Å². The Hall–Kier alpha value is -3.94. The highest BCUT2D eigenvalue weighted by molar-refractivity contribution is 7.91. The molecule has 4 rings (SSSR count). The van der Waals surface area contributed by atoms with Gasteiger partial charge in [-0.25, -0.2) is 14.0 Å². The van der Waals surface area contributed by atoms with Crippen molar-refractivity contribution in [3.05, 3.63) is 66.0 Å². The van der Waals surface area contributed by atoms with Gasteiger partial charge in [-0.1, -0.05) is 11.8 Å². The van der Waals surface area contributed by atoms with Crippen molar-refractivity contribution >= 4 is 38.1 Å². The molecule has 0 saturated heterocycles. The van der Waals surface area contributed by atoms with Gasteiger partial charge in [0.2, 0.25) is 5.95 Å². The summed E-state index contributed by atoms with van der Waals surface area (Å²) in [5, 5.41) is 23.7. The molecule has 4 aromatic rings. The Kier molecular flexibility index (Phi) is 6.26. The van der Waals surface area contributed by atoms with Crippen LogP contribution in [0.4, 0.5) is 17.5 Å². The Balaban J connectivity index is 1.61. The standard InChI is InChI=1S/C23H23N7O2S/c1-15(14-31)27-22-18(6-4-16-3-5-17-13-26-30-21(17)11-16)12-25-23(29-22)28-19-7-9-20(10-8-19)33(2,24)32/h3,5,7-13,15,24,31H,14H2,1-2H3,(H,26,30)(H2,25,27,28,29)/t15-,33?/m1/s1. The normalized spacial score (nSPS) is 13.5. The van der Waals surface area contributed by atoms with Gasteiger partial charge >= 0.3 is 0 Å². The van der Waals surface area contributed by atoms with Gasteiger partial charge in [0.15, 0.2) is 0 Å². The summed E-state index contributed by atoms with van der Waals surface area (Å²) in [5.41, 5.74) is 2.99. The van der Waals surface area contributed by atoms with Crippen molar-refractivity contribution in [2.24, 2.45) is 0 Å². The average Bonchev–Trinajstić information content (AvgIpc) is 3.26. The van der Waals surface area contributed by atoms with Gasteiger partial charge in [0, 0.05) is 33.8 Å². The molecule has 168 valence electrons. The second-order valence-corrected chi connectivity index (χ2v) is 9.76. The molecule has 0 aliphatic heterocycles. The zero-order chi connectivity index (χ0) is 23.4. The zero-order valence-electron chi connectivity index (χ0n) is 18.1. The first-order valence-corrected chi connectivity index (χ1v) is 12.1. The number of anilines is 3. The summed E-state index contributed by atoms with van der Waals surface area (Å²) in [6.45, 7) is 1.77. The Morgan fingerprint density at radius 2 is 1.97 bits per heavy atom. The number of hydrogen-bond acceptors (Lipinski definition) is 8. The summed E-state index contributed by atoms with van der Waals surface area (Å²) >= 11 is 0. The van der Waals surface area contributed by atoms with Crippen molar-refractivity contribution in [2.75, 3.05) is 23.5 Å². The lowest BCUT2D eigenvalue weighted by Gasteiger charge is -2.14. The summed E-state index contributed by atoms with van der Waals surface area (Å²) in [5.74, 6) is 7.04. The number of fused-ring (bicyclic) bond motifs is 1. The Bertz CT molecular complexity index is 1450. The lowest BCUT2D eigenvalue weighted by atomic mass is 10.1. The molecular formula is C23H23N7O2S. The molecule has 0 radical (unpaired) electrons. The SMILES string of the molecule is C[C@H](CO)Nc1nc(Nc2ccc(S(C)(=N)=O)cc2)ncc1C#Cc1ccc2cn[nH]c2c1. The van der Waals surface area contributed by atoms with Crippen LogP contribution in [0.3, 0.4) is 0 Å². The molecule has 9 nitrogen and oxygen atoms in total. The fourth-order valence-corrected chi connectivity index (χ4v) is 3.66. The first-order valence-electron chi connectivity index (χ1n) is 10.1. The number of nitrogens with zero attached hydrogens (tertiary/aromatic N) is 3. The maximum atomic E-state index is 11.9. The van der Waals surface area contributed by atoms with E-state index in [0.717, 1.165) is 16.5 Å². The smallest absolute Gasteiger partial charge is 0.229 e. The van der Waals surface area contributed by atoms with Gasteiger partial charge in [-0.05, 0) is 49.4 Å². The predicted octanol–water partition coefficient (Wildman–Crippen LogP) is 3.32. The second kappa shape index (κ2) is 9.28. The van der Waals surface area contributed by atoms with Crippen LogP contribution >= 0.6 is 0 Å². The van der Waals surface area contributed by atoms with E-state index >= 15 is 0 Å². The van der Waals surface area contributed by atoms with Gasteiger partial charge in [-0.3, -0.25) is 5.10 Å². The number of hydrogen-bond donors (Lipinski definition) is 5. The highest BCUT2D eigenvalue weighted by atomic mass is 32.2. The third-order valence-corrected chi connectivity index (χ3v) is 5.96. The Morgan fingerprint density at radius 3 is 2.70 bits per heavy atom. The molecule has 0 bridgehead atoms. The van der Waals surface area contributed by atoms with E-state index < -0.39 is 9.73 Å². The molecule has 0 saturated carbocycles. The quantitative estimate of drug-likeness (QED) is 0.278. The van der Waals surface area contributed by atoms with Crippen LogP contribution in [0.5, 0.6) is 0 Å². The fourth-order valence-electron chi connectivity index (χ4n) is 3.00. The number of rotatable bonds is 6. The summed E-state index contributed by atoms with van der Waals surface area (Å²) in [6, 6.07) is 12.3. The van der Waals surface area contributed by atoms with Crippen LogP contribution in [0.2, 0.25) is 0 Å². The largest absolute Gasteiger partial charge is 0.394 e. The van der Waals surface area contributed by atoms with Gasteiger partial charge in [0.25, 0.3) is 0 Å². The minimum Gasteiger partial charge on any atom is -0.394 e. The van der Waals surface area contributed by atoms with Crippen LogP contribution in [0, 0.1) is 16.6 Å². The van der Waals surface area contributed by atoms with Crippen molar-refractivity contribution < 1.29 is 9.32 Å². The summed E-state index contributed by atoms with van der Waals surface area (Å²) in [6.07, 6.45) is 4.75. The first-order chi connectivity index (χ1) is 15.8. The molecule has 33 heavy (non-hydrogen) atoms. The lowest BCUT2D eigenvalue weighted by Crippen LogP contribution is -2.21. The van der Waals surface area contributed by atoms with Gasteiger partial charge in [0.05, 0.1) is 39.8 Å². The molecule has 0 spiro atoms.